The summed E-state index contributed by atoms with van der Waals surface area (Å²) in [6.45, 7) is 1.19. The maximum Gasteiger partial charge on any atom is 0.327 e. The van der Waals surface area contributed by atoms with E-state index in [-0.39, 0.29) is 12.8 Å². The number of rotatable bonds is 5. The number of carboxylic acid groups (broad SMARTS) is 2. The highest BCUT2D eigenvalue weighted by molar-refractivity contribution is 9.07. The summed E-state index contributed by atoms with van der Waals surface area (Å²) in [5.74, 6) is -2.82. The molecule has 0 heterocycles. The maximum absolute atomic E-state index is 10.8. The van der Waals surface area contributed by atoms with Gasteiger partial charge in [0.25, 0.3) is 0 Å². The molecule has 0 aliphatic rings. The van der Waals surface area contributed by atoms with Crippen molar-refractivity contribution in [1.29, 1.82) is 0 Å². The summed E-state index contributed by atoms with van der Waals surface area (Å²) < 4.78 is 0.832. The van der Waals surface area contributed by atoms with Crippen molar-refractivity contribution in [3.63, 3.8) is 0 Å². The highest BCUT2D eigenvalue weighted by atomic mass is 79.9. The van der Waals surface area contributed by atoms with Crippen molar-refractivity contribution in [3.05, 3.63) is 0 Å². The molecule has 0 spiro atoms. The predicted octanol–water partition coefficient (Wildman–Crippen LogP) is 0.463. The van der Waals surface area contributed by atoms with Gasteiger partial charge in [-0.3, -0.25) is 13.5 Å². The molecule has 0 aromatic rings. The van der Waals surface area contributed by atoms with Crippen LogP contribution in [0, 0.1) is 0 Å². The zero-order valence-corrected chi connectivity index (χ0v) is 9.02. The molecule has 6 nitrogen and oxygen atoms in total. The quantitative estimate of drug-likeness (QED) is 0.706. The van der Waals surface area contributed by atoms with Gasteiger partial charge in [0.2, 0.25) is 5.91 Å². The molecule has 7 heteroatoms. The van der Waals surface area contributed by atoms with E-state index in [2.05, 4.69) is 16.1 Å². The Morgan fingerprint density at radius 2 is 1.86 bits per heavy atom. The summed E-state index contributed by atoms with van der Waals surface area (Å²) in [6.07, 6.45) is -0.429. The van der Waals surface area contributed by atoms with Gasteiger partial charge < -0.3 is 10.2 Å². The van der Waals surface area contributed by atoms with Crippen molar-refractivity contribution in [2.45, 2.75) is 25.8 Å². The molecule has 1 atom stereocenters. The molecule has 80 valence electrons. The number of amides is 1. The van der Waals surface area contributed by atoms with Crippen molar-refractivity contribution in [3.8, 4) is 0 Å². The summed E-state index contributed by atoms with van der Waals surface area (Å²) in [5, 5.41) is 17.0. The second kappa shape index (κ2) is 5.58. The number of hydrogen-bond donors (Lipinski definition) is 2. The molecular weight excluding hydrogens is 258 g/mol. The van der Waals surface area contributed by atoms with Crippen LogP contribution in [-0.4, -0.2) is 38.0 Å². The van der Waals surface area contributed by atoms with Crippen LogP contribution in [0.2, 0.25) is 0 Å². The number of carbonyl (C=O) groups is 3. The van der Waals surface area contributed by atoms with E-state index in [1.165, 1.54) is 6.92 Å². The number of hydrogen-bond acceptors (Lipinski definition) is 3. The highest BCUT2D eigenvalue weighted by Crippen LogP contribution is 2.12. The Hall–Kier alpha value is -1.11. The summed E-state index contributed by atoms with van der Waals surface area (Å²) in [6, 6.07) is -1.15. The molecule has 0 fully saturated rings. The molecule has 0 unspecified atom stereocenters. The molecule has 0 aliphatic carbocycles. The van der Waals surface area contributed by atoms with Crippen molar-refractivity contribution in [2.75, 3.05) is 0 Å². The Labute approximate surface area is 88.8 Å². The minimum absolute atomic E-state index is 0.129. The van der Waals surface area contributed by atoms with Gasteiger partial charge in [-0.05, 0) is 6.42 Å². The molecule has 0 bridgehead atoms. The van der Waals surface area contributed by atoms with Gasteiger partial charge >= 0.3 is 11.9 Å². The molecule has 2 N–H and O–H groups in total. The number of carboxylic acids is 2. The number of aliphatic carboxylic acids is 2. The molecular formula is C7H10BrNO5. The number of halogens is 1. The monoisotopic (exact) mass is 267 g/mol. The third kappa shape index (κ3) is 4.22. The Balaban J connectivity index is 4.37. The lowest BCUT2D eigenvalue weighted by Gasteiger charge is -2.19. The average Bonchev–Trinajstić information content (AvgIpc) is 2.02. The van der Waals surface area contributed by atoms with Crippen molar-refractivity contribution in [2.24, 2.45) is 0 Å². The minimum Gasteiger partial charge on any atom is -0.481 e. The van der Waals surface area contributed by atoms with Gasteiger partial charge in [0.1, 0.15) is 6.04 Å². The van der Waals surface area contributed by atoms with E-state index in [4.69, 9.17) is 10.2 Å². The smallest absolute Gasteiger partial charge is 0.327 e. The second-order valence-electron chi connectivity index (χ2n) is 2.62. The Bertz CT molecular complexity index is 254. The third-order valence-corrected chi connectivity index (χ3v) is 2.48. The first-order chi connectivity index (χ1) is 6.36. The fourth-order valence-electron chi connectivity index (χ4n) is 0.813. The summed E-state index contributed by atoms with van der Waals surface area (Å²) in [5.41, 5.74) is 0. The van der Waals surface area contributed by atoms with Gasteiger partial charge in [-0.2, -0.15) is 0 Å². The lowest BCUT2D eigenvalue weighted by Crippen LogP contribution is -2.37. The molecule has 0 aliphatic heterocycles. The van der Waals surface area contributed by atoms with Crippen LogP contribution in [0.1, 0.15) is 19.8 Å². The van der Waals surface area contributed by atoms with Gasteiger partial charge in [-0.15, -0.1) is 0 Å². The van der Waals surface area contributed by atoms with Gasteiger partial charge in [0.15, 0.2) is 0 Å². The molecule has 0 saturated heterocycles. The van der Waals surface area contributed by atoms with E-state index >= 15 is 0 Å². The fraction of sp³-hybridized carbons (Fsp3) is 0.571. The normalized spacial score (nSPS) is 11.9. The Kier molecular flexibility index (Phi) is 5.14. The average molecular weight is 268 g/mol. The van der Waals surface area contributed by atoms with Gasteiger partial charge in [0, 0.05) is 13.3 Å². The zero-order chi connectivity index (χ0) is 11.3. The Morgan fingerprint density at radius 3 is 2.14 bits per heavy atom. The number of nitrogens with zero attached hydrogens (tertiary/aromatic N) is 1. The summed E-state index contributed by atoms with van der Waals surface area (Å²) in [4.78, 5) is 31.7. The van der Waals surface area contributed by atoms with Crippen LogP contribution >= 0.6 is 16.1 Å². The van der Waals surface area contributed by atoms with Crippen molar-refractivity contribution < 1.29 is 24.6 Å². The standard InChI is InChI=1S/C7H10BrNO5/c1-4(10)9(8)5(7(13)14)2-3-6(11)12/h5H,2-3H2,1H3,(H,11,12)(H,13,14)/t5-/m0/s1. The van der Waals surface area contributed by atoms with E-state index in [1.807, 2.05) is 0 Å². The lowest BCUT2D eigenvalue weighted by molar-refractivity contribution is -0.146. The van der Waals surface area contributed by atoms with Gasteiger partial charge in [-0.1, -0.05) is 0 Å². The van der Waals surface area contributed by atoms with Crippen LogP contribution in [0.3, 0.4) is 0 Å². The van der Waals surface area contributed by atoms with E-state index in [1.54, 1.807) is 0 Å². The van der Waals surface area contributed by atoms with Crippen LogP contribution in [0.4, 0.5) is 0 Å². The molecule has 0 radical (unpaired) electrons. The van der Waals surface area contributed by atoms with E-state index in [0.717, 1.165) is 3.93 Å². The fourth-order valence-corrected chi connectivity index (χ4v) is 1.19. The first kappa shape index (κ1) is 12.9. The minimum atomic E-state index is -1.24. The number of carbonyl (C=O) groups excluding carboxylic acids is 1. The second-order valence-corrected chi connectivity index (χ2v) is 3.38. The maximum atomic E-state index is 10.8. The van der Waals surface area contributed by atoms with Gasteiger partial charge in [0.05, 0.1) is 16.1 Å². The molecule has 14 heavy (non-hydrogen) atoms. The van der Waals surface area contributed by atoms with E-state index in [9.17, 15) is 14.4 Å². The van der Waals surface area contributed by atoms with Crippen molar-refractivity contribution in [1.82, 2.24) is 3.93 Å². The highest BCUT2D eigenvalue weighted by Gasteiger charge is 2.26. The molecule has 0 aromatic carbocycles. The van der Waals surface area contributed by atoms with Crippen LogP contribution < -0.4 is 0 Å². The van der Waals surface area contributed by atoms with E-state index < -0.39 is 23.9 Å². The first-order valence-corrected chi connectivity index (χ1v) is 4.47. The van der Waals surface area contributed by atoms with Crippen molar-refractivity contribution >= 4 is 34.0 Å². The SMILES string of the molecule is CC(=O)N(Br)[C@@H](CCC(=O)O)C(=O)O. The predicted molar refractivity (Wildman–Crippen MR) is 49.7 cm³/mol. The molecule has 0 saturated carbocycles. The molecule has 0 rings (SSSR count). The molecule has 1 amide bonds. The zero-order valence-electron chi connectivity index (χ0n) is 7.44. The Morgan fingerprint density at radius 1 is 1.36 bits per heavy atom. The summed E-state index contributed by atoms with van der Waals surface area (Å²) >= 11 is 2.77. The van der Waals surface area contributed by atoms with Crippen LogP contribution in [0.25, 0.3) is 0 Å². The lowest BCUT2D eigenvalue weighted by atomic mass is 10.1. The molecule has 0 aromatic heterocycles. The first-order valence-electron chi connectivity index (χ1n) is 3.76. The third-order valence-electron chi connectivity index (χ3n) is 1.49. The van der Waals surface area contributed by atoms with Gasteiger partial charge in [-0.25, -0.2) is 4.79 Å². The van der Waals surface area contributed by atoms with E-state index in [0.29, 0.717) is 0 Å². The van der Waals surface area contributed by atoms with Crippen LogP contribution in [-0.2, 0) is 14.4 Å². The largest absolute Gasteiger partial charge is 0.481 e. The van der Waals surface area contributed by atoms with Crippen LogP contribution in [0.5, 0.6) is 0 Å². The summed E-state index contributed by atoms with van der Waals surface area (Å²) in [7, 11) is 0. The van der Waals surface area contributed by atoms with Crippen LogP contribution in [0.15, 0.2) is 0 Å². The topological polar surface area (TPSA) is 94.9 Å².